The van der Waals surface area contributed by atoms with Crippen molar-refractivity contribution in [1.29, 1.82) is 0 Å². The summed E-state index contributed by atoms with van der Waals surface area (Å²) >= 11 is 1.51. The lowest BCUT2D eigenvalue weighted by Crippen LogP contribution is -2.51. The van der Waals surface area contributed by atoms with E-state index in [0.29, 0.717) is 37.6 Å². The number of piperazine rings is 1. The maximum absolute atomic E-state index is 12.9. The number of sulfonamides is 1. The lowest BCUT2D eigenvalue weighted by atomic mass is 10.2. The van der Waals surface area contributed by atoms with E-state index in [2.05, 4.69) is 11.0 Å². The number of benzene rings is 1. The number of fused-ring (bicyclic) bond motifs is 1. The van der Waals surface area contributed by atoms with Gasteiger partial charge in [-0.15, -0.1) is 11.3 Å². The van der Waals surface area contributed by atoms with Crippen LogP contribution in [0.25, 0.3) is 0 Å². The summed E-state index contributed by atoms with van der Waals surface area (Å²) in [5.74, 6) is 0.0885. The molecule has 150 valence electrons. The number of nitrogens with zero attached hydrogens (tertiary/aromatic N) is 3. The Labute approximate surface area is 170 Å². The Morgan fingerprint density at radius 2 is 1.79 bits per heavy atom. The van der Waals surface area contributed by atoms with Crippen molar-refractivity contribution in [2.24, 2.45) is 0 Å². The van der Waals surface area contributed by atoms with Gasteiger partial charge in [0.15, 0.2) is 0 Å². The van der Waals surface area contributed by atoms with Gasteiger partial charge in [-0.05, 0) is 38.0 Å². The van der Waals surface area contributed by atoms with E-state index in [9.17, 15) is 13.2 Å². The summed E-state index contributed by atoms with van der Waals surface area (Å²) in [5.41, 5.74) is 2.23. The first kappa shape index (κ1) is 19.6. The molecule has 2 aromatic rings. The lowest BCUT2D eigenvalue weighted by Gasteiger charge is -2.34. The average molecular weight is 420 g/mol. The summed E-state index contributed by atoms with van der Waals surface area (Å²) in [6.45, 7) is 6.82. The van der Waals surface area contributed by atoms with E-state index >= 15 is 0 Å². The Morgan fingerprint density at radius 3 is 2.46 bits per heavy atom. The number of carbonyl (C=O) groups excluding carboxylic acids is 1. The molecule has 1 fully saturated rings. The van der Waals surface area contributed by atoms with Crippen LogP contribution in [-0.4, -0.2) is 62.8 Å². The molecule has 0 aliphatic carbocycles. The molecule has 0 atom stereocenters. The second-order valence-electron chi connectivity index (χ2n) is 7.38. The third-order valence-electron chi connectivity index (χ3n) is 5.49. The van der Waals surface area contributed by atoms with E-state index in [4.69, 9.17) is 0 Å². The smallest absolute Gasteiger partial charge is 0.244 e. The number of rotatable bonds is 4. The first-order chi connectivity index (χ1) is 13.4. The van der Waals surface area contributed by atoms with Crippen molar-refractivity contribution >= 4 is 33.0 Å². The van der Waals surface area contributed by atoms with Crippen molar-refractivity contribution in [1.82, 2.24) is 9.21 Å². The highest BCUT2D eigenvalue weighted by atomic mass is 32.2. The number of thiophene rings is 1. The van der Waals surface area contributed by atoms with E-state index in [-0.39, 0.29) is 5.91 Å². The molecular formula is C20H25N3O3S2. The number of para-hydroxylation sites is 1. The molecule has 1 aromatic carbocycles. The second kappa shape index (κ2) is 7.59. The Balaban J connectivity index is 1.37. The Kier molecular flexibility index (Phi) is 5.30. The molecule has 0 N–H and O–H groups in total. The van der Waals surface area contributed by atoms with E-state index in [1.165, 1.54) is 16.9 Å². The lowest BCUT2D eigenvalue weighted by molar-refractivity contribution is -0.119. The summed E-state index contributed by atoms with van der Waals surface area (Å²) in [5, 5.41) is 0. The van der Waals surface area contributed by atoms with Gasteiger partial charge in [0.25, 0.3) is 0 Å². The molecule has 0 spiro atoms. The van der Waals surface area contributed by atoms with Gasteiger partial charge >= 0.3 is 0 Å². The van der Waals surface area contributed by atoms with E-state index in [0.717, 1.165) is 28.4 Å². The summed E-state index contributed by atoms with van der Waals surface area (Å²) in [6.07, 6.45) is 0.896. The molecule has 1 saturated heterocycles. The number of hydrogen-bond acceptors (Lipinski definition) is 5. The minimum atomic E-state index is -3.46. The minimum Gasteiger partial charge on any atom is -0.311 e. The molecule has 8 heteroatoms. The van der Waals surface area contributed by atoms with Crippen LogP contribution in [0.2, 0.25) is 0 Å². The van der Waals surface area contributed by atoms with Crippen LogP contribution in [0, 0.1) is 13.8 Å². The first-order valence-corrected chi connectivity index (χ1v) is 11.8. The Hall–Kier alpha value is -1.74. The van der Waals surface area contributed by atoms with Crippen LogP contribution in [0.15, 0.2) is 35.2 Å². The maximum atomic E-state index is 12.9. The molecule has 0 saturated carbocycles. The largest absolute Gasteiger partial charge is 0.311 e. The summed E-state index contributed by atoms with van der Waals surface area (Å²) in [7, 11) is -3.46. The van der Waals surface area contributed by atoms with Crippen LogP contribution in [-0.2, 0) is 21.2 Å². The number of hydrogen-bond donors (Lipinski definition) is 0. The SMILES string of the molecule is Cc1cc(S(=O)(=O)N2CCN(CC(=O)N3CCc4ccccc43)CC2)c(C)s1. The van der Waals surface area contributed by atoms with Gasteiger partial charge in [-0.2, -0.15) is 4.31 Å². The number of anilines is 1. The third kappa shape index (κ3) is 3.61. The highest BCUT2D eigenvalue weighted by Gasteiger charge is 2.32. The molecule has 2 aliphatic heterocycles. The van der Waals surface area contributed by atoms with E-state index in [1.807, 2.05) is 36.9 Å². The van der Waals surface area contributed by atoms with Crippen molar-refractivity contribution in [2.75, 3.05) is 44.2 Å². The summed E-state index contributed by atoms with van der Waals surface area (Å²) < 4.78 is 27.4. The third-order valence-corrected chi connectivity index (χ3v) is 8.61. The molecule has 3 heterocycles. The normalized spacial score (nSPS) is 18.4. The minimum absolute atomic E-state index is 0.0885. The fraction of sp³-hybridized carbons (Fsp3) is 0.450. The van der Waals surface area contributed by atoms with Crippen molar-refractivity contribution in [3.63, 3.8) is 0 Å². The van der Waals surface area contributed by atoms with Crippen LogP contribution in [0.5, 0.6) is 0 Å². The zero-order chi connectivity index (χ0) is 19.9. The van der Waals surface area contributed by atoms with Crippen LogP contribution in [0.4, 0.5) is 5.69 Å². The molecular weight excluding hydrogens is 394 g/mol. The maximum Gasteiger partial charge on any atom is 0.244 e. The topological polar surface area (TPSA) is 60.9 Å². The molecule has 6 nitrogen and oxygen atoms in total. The average Bonchev–Trinajstić information content (AvgIpc) is 3.25. The standard InChI is InChI=1S/C20H25N3O3S2/c1-15-13-19(16(2)27-15)28(25,26)22-11-9-21(10-12-22)14-20(24)23-8-7-17-5-3-4-6-18(17)23/h3-6,13H,7-12,14H2,1-2H3. The van der Waals surface area contributed by atoms with Crippen LogP contribution in [0.1, 0.15) is 15.3 Å². The van der Waals surface area contributed by atoms with Gasteiger partial charge in [-0.3, -0.25) is 9.69 Å². The predicted octanol–water partition coefficient (Wildman–Crippen LogP) is 2.26. The van der Waals surface area contributed by atoms with Crippen LogP contribution >= 0.6 is 11.3 Å². The van der Waals surface area contributed by atoms with Gasteiger partial charge in [0.1, 0.15) is 0 Å². The molecule has 1 aromatic heterocycles. The second-order valence-corrected chi connectivity index (χ2v) is 10.7. The van der Waals surface area contributed by atoms with Gasteiger partial charge in [0, 0.05) is 48.2 Å². The summed E-state index contributed by atoms with van der Waals surface area (Å²) in [4.78, 5) is 19.0. The van der Waals surface area contributed by atoms with Crippen molar-refractivity contribution < 1.29 is 13.2 Å². The first-order valence-electron chi connectivity index (χ1n) is 9.54. The molecule has 2 aliphatic rings. The summed E-state index contributed by atoms with van der Waals surface area (Å²) in [6, 6.07) is 9.79. The van der Waals surface area contributed by atoms with Gasteiger partial charge in [0.05, 0.1) is 11.4 Å². The number of aryl methyl sites for hydroxylation is 2. The monoisotopic (exact) mass is 419 g/mol. The number of carbonyl (C=O) groups is 1. The molecule has 1 amide bonds. The van der Waals surface area contributed by atoms with Gasteiger partial charge in [0.2, 0.25) is 15.9 Å². The Bertz CT molecular complexity index is 992. The molecule has 0 bridgehead atoms. The predicted molar refractivity (Wildman–Crippen MR) is 111 cm³/mol. The van der Waals surface area contributed by atoms with E-state index in [1.54, 1.807) is 10.4 Å². The molecule has 4 rings (SSSR count). The zero-order valence-corrected chi connectivity index (χ0v) is 17.9. The van der Waals surface area contributed by atoms with Crippen molar-refractivity contribution in [3.05, 3.63) is 45.6 Å². The highest BCUT2D eigenvalue weighted by molar-refractivity contribution is 7.89. The zero-order valence-electron chi connectivity index (χ0n) is 16.2. The number of amides is 1. The van der Waals surface area contributed by atoms with Crippen LogP contribution in [0.3, 0.4) is 0 Å². The fourth-order valence-corrected chi connectivity index (χ4v) is 6.95. The Morgan fingerprint density at radius 1 is 1.07 bits per heavy atom. The molecule has 0 radical (unpaired) electrons. The van der Waals surface area contributed by atoms with Gasteiger partial charge in [-0.1, -0.05) is 18.2 Å². The van der Waals surface area contributed by atoms with Crippen LogP contribution < -0.4 is 4.90 Å². The molecule has 0 unspecified atom stereocenters. The quantitative estimate of drug-likeness (QED) is 0.763. The van der Waals surface area contributed by atoms with E-state index < -0.39 is 10.0 Å². The fourth-order valence-electron chi connectivity index (χ4n) is 4.00. The highest BCUT2D eigenvalue weighted by Crippen LogP contribution is 2.29. The van der Waals surface area contributed by atoms with Crippen molar-refractivity contribution in [2.45, 2.75) is 25.2 Å². The van der Waals surface area contributed by atoms with Gasteiger partial charge < -0.3 is 4.90 Å². The van der Waals surface area contributed by atoms with Crippen molar-refractivity contribution in [3.8, 4) is 0 Å². The van der Waals surface area contributed by atoms with Gasteiger partial charge in [-0.25, -0.2) is 8.42 Å². The molecule has 28 heavy (non-hydrogen) atoms.